The first-order chi connectivity index (χ1) is 8.42. The van der Waals surface area contributed by atoms with Crippen molar-refractivity contribution in [2.75, 3.05) is 13.2 Å². The second-order valence-corrected chi connectivity index (χ2v) is 4.22. The Bertz CT molecular complexity index is 450. The minimum Gasteiger partial charge on any atom is -0.464 e. The molecule has 0 saturated carbocycles. The second-order valence-electron chi connectivity index (χ2n) is 4.22. The minimum atomic E-state index is 0.298. The molecule has 0 atom stereocenters. The number of hydrogen-bond donors (Lipinski definition) is 2. The van der Waals surface area contributed by atoms with Gasteiger partial charge in [0, 0.05) is 24.1 Å². The molecule has 3 nitrogen and oxygen atoms in total. The molecule has 2 aromatic rings. The Morgan fingerprint density at radius 3 is 2.88 bits per heavy atom. The Morgan fingerprint density at radius 2 is 2.00 bits per heavy atom. The van der Waals surface area contributed by atoms with Crippen molar-refractivity contribution in [2.45, 2.75) is 25.8 Å². The lowest BCUT2D eigenvalue weighted by atomic mass is 10.2. The van der Waals surface area contributed by atoms with Gasteiger partial charge in [-0.1, -0.05) is 18.2 Å². The molecule has 0 spiro atoms. The molecule has 0 saturated heterocycles. The van der Waals surface area contributed by atoms with Gasteiger partial charge in [-0.25, -0.2) is 0 Å². The van der Waals surface area contributed by atoms with E-state index in [0.29, 0.717) is 6.61 Å². The van der Waals surface area contributed by atoms with Gasteiger partial charge in [-0.3, -0.25) is 0 Å². The van der Waals surface area contributed by atoms with Gasteiger partial charge in [0.1, 0.15) is 5.58 Å². The average Bonchev–Trinajstić information content (AvgIpc) is 2.77. The van der Waals surface area contributed by atoms with Gasteiger partial charge in [0.25, 0.3) is 0 Å². The predicted octanol–water partition coefficient (Wildman–Crippen LogP) is 2.69. The SMILES string of the molecule is OCCCCCNCc1coc2ccccc12. The maximum Gasteiger partial charge on any atom is 0.134 e. The number of benzene rings is 1. The molecule has 0 aliphatic carbocycles. The van der Waals surface area contributed by atoms with Crippen LogP contribution in [0.1, 0.15) is 24.8 Å². The van der Waals surface area contributed by atoms with Gasteiger partial charge in [-0.15, -0.1) is 0 Å². The molecule has 17 heavy (non-hydrogen) atoms. The van der Waals surface area contributed by atoms with Crippen LogP contribution in [-0.2, 0) is 6.54 Å². The van der Waals surface area contributed by atoms with Crippen molar-refractivity contribution in [1.29, 1.82) is 0 Å². The lowest BCUT2D eigenvalue weighted by Gasteiger charge is -2.02. The summed E-state index contributed by atoms with van der Waals surface area (Å²) in [7, 11) is 0. The number of hydrogen-bond acceptors (Lipinski definition) is 3. The Hall–Kier alpha value is -1.32. The van der Waals surface area contributed by atoms with Crippen molar-refractivity contribution in [1.82, 2.24) is 5.32 Å². The lowest BCUT2D eigenvalue weighted by Crippen LogP contribution is -2.14. The van der Waals surface area contributed by atoms with Crippen molar-refractivity contribution in [3.05, 3.63) is 36.1 Å². The van der Waals surface area contributed by atoms with Crippen molar-refractivity contribution in [2.24, 2.45) is 0 Å². The number of para-hydroxylation sites is 1. The smallest absolute Gasteiger partial charge is 0.134 e. The standard InChI is InChI=1S/C14H19NO2/c16-9-5-1-4-8-15-10-12-11-17-14-7-3-2-6-13(12)14/h2-3,6-7,11,15-16H,1,4-5,8-10H2. The zero-order chi connectivity index (χ0) is 11.9. The van der Waals surface area contributed by atoms with Crippen molar-refractivity contribution in [3.63, 3.8) is 0 Å². The molecule has 3 heteroatoms. The molecule has 0 bridgehead atoms. The monoisotopic (exact) mass is 233 g/mol. The normalized spacial score (nSPS) is 11.1. The third-order valence-electron chi connectivity index (χ3n) is 2.89. The fourth-order valence-electron chi connectivity index (χ4n) is 1.93. The fourth-order valence-corrected chi connectivity index (χ4v) is 1.93. The maximum atomic E-state index is 8.66. The van der Waals surface area contributed by atoms with E-state index in [1.54, 1.807) is 0 Å². The molecular formula is C14H19NO2. The summed E-state index contributed by atoms with van der Waals surface area (Å²) >= 11 is 0. The maximum absolute atomic E-state index is 8.66. The Kier molecular flexibility index (Phi) is 4.59. The first-order valence-corrected chi connectivity index (χ1v) is 6.18. The molecule has 0 radical (unpaired) electrons. The van der Waals surface area contributed by atoms with Crippen LogP contribution in [0.25, 0.3) is 11.0 Å². The molecule has 1 aromatic carbocycles. The van der Waals surface area contributed by atoms with Crippen LogP contribution in [0, 0.1) is 0 Å². The average molecular weight is 233 g/mol. The van der Waals surface area contributed by atoms with Gasteiger partial charge in [0.15, 0.2) is 0 Å². The van der Waals surface area contributed by atoms with Crippen LogP contribution in [0.15, 0.2) is 34.9 Å². The van der Waals surface area contributed by atoms with E-state index in [1.807, 2.05) is 24.5 Å². The molecule has 2 N–H and O–H groups in total. The van der Waals surface area contributed by atoms with Crippen LogP contribution in [0.2, 0.25) is 0 Å². The van der Waals surface area contributed by atoms with Gasteiger partial charge in [-0.2, -0.15) is 0 Å². The first-order valence-electron chi connectivity index (χ1n) is 6.18. The molecule has 92 valence electrons. The zero-order valence-corrected chi connectivity index (χ0v) is 9.98. The number of aliphatic hydroxyl groups excluding tert-OH is 1. The summed E-state index contributed by atoms with van der Waals surface area (Å²) in [4.78, 5) is 0. The molecule has 0 amide bonds. The molecule has 0 aliphatic rings. The summed E-state index contributed by atoms with van der Waals surface area (Å²) in [6, 6.07) is 8.09. The number of rotatable bonds is 7. The Labute approximate surface area is 101 Å². The van der Waals surface area contributed by atoms with Gasteiger partial charge < -0.3 is 14.8 Å². The number of fused-ring (bicyclic) bond motifs is 1. The van der Waals surface area contributed by atoms with Crippen LogP contribution < -0.4 is 5.32 Å². The van der Waals surface area contributed by atoms with Gasteiger partial charge >= 0.3 is 0 Å². The van der Waals surface area contributed by atoms with Crippen molar-refractivity contribution >= 4 is 11.0 Å². The van der Waals surface area contributed by atoms with Crippen LogP contribution in [0.3, 0.4) is 0 Å². The van der Waals surface area contributed by atoms with Gasteiger partial charge in [-0.05, 0) is 31.9 Å². The zero-order valence-electron chi connectivity index (χ0n) is 9.98. The Balaban J connectivity index is 1.79. The van der Waals surface area contributed by atoms with E-state index in [9.17, 15) is 0 Å². The number of nitrogens with one attached hydrogen (secondary N) is 1. The molecule has 0 fully saturated rings. The molecule has 0 aliphatic heterocycles. The summed E-state index contributed by atoms with van der Waals surface area (Å²) in [5, 5.41) is 13.2. The lowest BCUT2D eigenvalue weighted by molar-refractivity contribution is 0.283. The van der Waals surface area contributed by atoms with Gasteiger partial charge in [0.05, 0.1) is 6.26 Å². The molecule has 2 rings (SSSR count). The highest BCUT2D eigenvalue weighted by molar-refractivity contribution is 5.80. The Morgan fingerprint density at radius 1 is 1.12 bits per heavy atom. The van der Waals surface area contributed by atoms with Crippen LogP contribution in [0.5, 0.6) is 0 Å². The second kappa shape index (κ2) is 6.42. The quantitative estimate of drug-likeness (QED) is 0.723. The summed E-state index contributed by atoms with van der Waals surface area (Å²) in [5.74, 6) is 0. The summed E-state index contributed by atoms with van der Waals surface area (Å²) in [6.07, 6.45) is 4.91. The highest BCUT2D eigenvalue weighted by Crippen LogP contribution is 2.20. The van der Waals surface area contributed by atoms with E-state index < -0.39 is 0 Å². The molecule has 1 aromatic heterocycles. The molecule has 1 heterocycles. The van der Waals surface area contributed by atoms with E-state index in [1.165, 1.54) is 10.9 Å². The van der Waals surface area contributed by atoms with Crippen LogP contribution in [-0.4, -0.2) is 18.3 Å². The largest absolute Gasteiger partial charge is 0.464 e. The van der Waals surface area contributed by atoms with E-state index in [2.05, 4.69) is 11.4 Å². The van der Waals surface area contributed by atoms with E-state index in [4.69, 9.17) is 9.52 Å². The van der Waals surface area contributed by atoms with E-state index in [0.717, 1.165) is 37.9 Å². The fraction of sp³-hybridized carbons (Fsp3) is 0.429. The summed E-state index contributed by atoms with van der Waals surface area (Å²) < 4.78 is 5.47. The first kappa shape index (κ1) is 12.1. The predicted molar refractivity (Wildman–Crippen MR) is 68.9 cm³/mol. The highest BCUT2D eigenvalue weighted by atomic mass is 16.3. The highest BCUT2D eigenvalue weighted by Gasteiger charge is 2.03. The third-order valence-corrected chi connectivity index (χ3v) is 2.89. The van der Waals surface area contributed by atoms with E-state index >= 15 is 0 Å². The van der Waals surface area contributed by atoms with Crippen LogP contribution in [0.4, 0.5) is 0 Å². The van der Waals surface area contributed by atoms with Crippen molar-refractivity contribution < 1.29 is 9.52 Å². The number of aliphatic hydroxyl groups is 1. The third kappa shape index (κ3) is 3.32. The molecule has 0 unspecified atom stereocenters. The van der Waals surface area contributed by atoms with E-state index in [-0.39, 0.29) is 0 Å². The molecular weight excluding hydrogens is 214 g/mol. The van der Waals surface area contributed by atoms with Crippen molar-refractivity contribution in [3.8, 4) is 0 Å². The van der Waals surface area contributed by atoms with Crippen LogP contribution >= 0.6 is 0 Å². The topological polar surface area (TPSA) is 45.4 Å². The van der Waals surface area contributed by atoms with Gasteiger partial charge in [0.2, 0.25) is 0 Å². The summed E-state index contributed by atoms with van der Waals surface area (Å²) in [5.41, 5.74) is 2.16. The number of unbranched alkanes of at least 4 members (excludes halogenated alkanes) is 2. The summed E-state index contributed by atoms with van der Waals surface area (Å²) in [6.45, 7) is 2.13. The number of furan rings is 1. The minimum absolute atomic E-state index is 0.298.